The van der Waals surface area contributed by atoms with Crippen molar-refractivity contribution >= 4 is 27.7 Å². The highest BCUT2D eigenvalue weighted by molar-refractivity contribution is 9.10. The van der Waals surface area contributed by atoms with Crippen molar-refractivity contribution in [3.63, 3.8) is 0 Å². The zero-order valence-electron chi connectivity index (χ0n) is 15.6. The number of nitrogens with one attached hydrogen (secondary N) is 2. The third-order valence-electron chi connectivity index (χ3n) is 4.25. The molecule has 0 saturated carbocycles. The number of hydrazine groups is 1. The Balaban J connectivity index is 1.94. The second kappa shape index (κ2) is 8.99. The number of hydrogen-bond acceptors (Lipinski definition) is 2. The molecule has 26 heavy (non-hydrogen) atoms. The Bertz CT molecular complexity index is 785. The first kappa shape index (κ1) is 20.2. The lowest BCUT2D eigenvalue weighted by atomic mass is 9.96. The molecule has 4 nitrogen and oxygen atoms in total. The standard InChI is InChI=1S/C21H25BrN2O2/c1-13(2)11-16-6-9-17(10-7-16)15(4)20(25)23-24-21(26)18-8-5-14(3)19(22)12-18/h5-10,12-13,15H,11H2,1-4H3,(H,23,25)(H,24,26). The number of benzene rings is 2. The van der Waals surface area contributed by atoms with Crippen molar-refractivity contribution in [1.82, 2.24) is 10.9 Å². The van der Waals surface area contributed by atoms with E-state index in [0.29, 0.717) is 11.5 Å². The van der Waals surface area contributed by atoms with Gasteiger partial charge in [-0.2, -0.15) is 0 Å². The molecule has 2 aromatic rings. The SMILES string of the molecule is Cc1ccc(C(=O)NNC(=O)C(C)c2ccc(CC(C)C)cc2)cc1Br. The minimum atomic E-state index is -0.354. The molecule has 0 aliphatic rings. The highest BCUT2D eigenvalue weighted by atomic mass is 79.9. The summed E-state index contributed by atoms with van der Waals surface area (Å²) >= 11 is 3.40. The summed E-state index contributed by atoms with van der Waals surface area (Å²) in [6.07, 6.45) is 1.02. The van der Waals surface area contributed by atoms with E-state index in [1.807, 2.05) is 32.0 Å². The van der Waals surface area contributed by atoms with Gasteiger partial charge in [0, 0.05) is 10.0 Å². The average molecular weight is 417 g/mol. The van der Waals surface area contributed by atoms with E-state index >= 15 is 0 Å². The molecule has 0 saturated heterocycles. The lowest BCUT2D eigenvalue weighted by Crippen LogP contribution is -2.43. The Hall–Kier alpha value is -2.14. The largest absolute Gasteiger partial charge is 0.273 e. The molecule has 0 bridgehead atoms. The fraction of sp³-hybridized carbons (Fsp3) is 0.333. The maximum absolute atomic E-state index is 12.3. The Morgan fingerprint density at radius 3 is 2.23 bits per heavy atom. The molecule has 138 valence electrons. The second-order valence-electron chi connectivity index (χ2n) is 6.97. The van der Waals surface area contributed by atoms with E-state index in [9.17, 15) is 9.59 Å². The topological polar surface area (TPSA) is 58.2 Å². The van der Waals surface area contributed by atoms with Crippen LogP contribution in [0.15, 0.2) is 46.9 Å². The summed E-state index contributed by atoms with van der Waals surface area (Å²) in [5.41, 5.74) is 8.68. The van der Waals surface area contributed by atoms with E-state index in [1.165, 1.54) is 5.56 Å². The van der Waals surface area contributed by atoms with Crippen LogP contribution in [-0.2, 0) is 11.2 Å². The molecule has 0 spiro atoms. The van der Waals surface area contributed by atoms with Crippen LogP contribution in [0.3, 0.4) is 0 Å². The van der Waals surface area contributed by atoms with Gasteiger partial charge in [0.15, 0.2) is 0 Å². The summed E-state index contributed by atoms with van der Waals surface area (Å²) in [7, 11) is 0. The lowest BCUT2D eigenvalue weighted by Gasteiger charge is -2.14. The number of aryl methyl sites for hydroxylation is 1. The third kappa shape index (κ3) is 5.43. The lowest BCUT2D eigenvalue weighted by molar-refractivity contribution is -0.123. The molecule has 0 aliphatic carbocycles. The van der Waals surface area contributed by atoms with E-state index in [1.54, 1.807) is 12.1 Å². The zero-order chi connectivity index (χ0) is 19.3. The highest BCUT2D eigenvalue weighted by Gasteiger charge is 2.16. The number of amides is 2. The third-order valence-corrected chi connectivity index (χ3v) is 5.10. The van der Waals surface area contributed by atoms with Gasteiger partial charge in [-0.15, -0.1) is 0 Å². The predicted octanol–water partition coefficient (Wildman–Crippen LogP) is 4.52. The van der Waals surface area contributed by atoms with Crippen LogP contribution in [0.2, 0.25) is 0 Å². The van der Waals surface area contributed by atoms with Gasteiger partial charge in [0.2, 0.25) is 5.91 Å². The first-order valence-corrected chi connectivity index (χ1v) is 9.52. The van der Waals surface area contributed by atoms with Crippen LogP contribution in [0, 0.1) is 12.8 Å². The van der Waals surface area contributed by atoms with Gasteiger partial charge < -0.3 is 0 Å². The smallest absolute Gasteiger partial charge is 0.269 e. The molecule has 0 radical (unpaired) electrons. The van der Waals surface area contributed by atoms with Crippen molar-refractivity contribution in [1.29, 1.82) is 0 Å². The Kier molecular flexibility index (Phi) is 6.98. The van der Waals surface area contributed by atoms with E-state index < -0.39 is 0 Å². The monoisotopic (exact) mass is 416 g/mol. The van der Waals surface area contributed by atoms with Gasteiger partial charge >= 0.3 is 0 Å². The molecule has 2 rings (SSSR count). The minimum absolute atomic E-state index is 0.249. The number of carbonyl (C=O) groups is 2. The first-order chi connectivity index (χ1) is 12.3. The molecule has 0 aliphatic heterocycles. The zero-order valence-corrected chi connectivity index (χ0v) is 17.2. The van der Waals surface area contributed by atoms with Crippen LogP contribution in [0.5, 0.6) is 0 Å². The number of halogens is 1. The van der Waals surface area contributed by atoms with E-state index in [-0.39, 0.29) is 17.7 Å². The molecule has 0 fully saturated rings. The van der Waals surface area contributed by atoms with Gasteiger partial charge in [-0.25, -0.2) is 0 Å². The van der Waals surface area contributed by atoms with Gasteiger partial charge in [0.05, 0.1) is 5.92 Å². The van der Waals surface area contributed by atoms with Crippen molar-refractivity contribution in [3.8, 4) is 0 Å². The van der Waals surface area contributed by atoms with E-state index in [4.69, 9.17) is 0 Å². The molecule has 2 N–H and O–H groups in total. The van der Waals surface area contributed by atoms with E-state index in [0.717, 1.165) is 22.0 Å². The van der Waals surface area contributed by atoms with Crippen LogP contribution < -0.4 is 10.9 Å². The van der Waals surface area contributed by atoms with Crippen molar-refractivity contribution in [3.05, 3.63) is 69.2 Å². The Morgan fingerprint density at radius 2 is 1.65 bits per heavy atom. The van der Waals surface area contributed by atoms with Crippen molar-refractivity contribution in [2.24, 2.45) is 5.92 Å². The van der Waals surface area contributed by atoms with Crippen LogP contribution in [0.4, 0.5) is 0 Å². The molecule has 1 unspecified atom stereocenters. The molecule has 1 atom stereocenters. The van der Waals surface area contributed by atoms with Gasteiger partial charge in [0.25, 0.3) is 5.91 Å². The van der Waals surface area contributed by atoms with Crippen molar-refractivity contribution in [2.75, 3.05) is 0 Å². The second-order valence-corrected chi connectivity index (χ2v) is 7.82. The van der Waals surface area contributed by atoms with Gasteiger partial charge in [-0.05, 0) is 55.0 Å². The normalized spacial score (nSPS) is 11.9. The van der Waals surface area contributed by atoms with Crippen LogP contribution in [0.1, 0.15) is 53.7 Å². The molecular formula is C21H25BrN2O2. The minimum Gasteiger partial charge on any atom is -0.273 e. The Morgan fingerprint density at radius 1 is 1.00 bits per heavy atom. The summed E-state index contributed by atoms with van der Waals surface area (Å²) in [5.74, 6) is -0.355. The van der Waals surface area contributed by atoms with Crippen molar-refractivity contribution in [2.45, 2.75) is 40.0 Å². The van der Waals surface area contributed by atoms with Crippen molar-refractivity contribution < 1.29 is 9.59 Å². The van der Waals surface area contributed by atoms with Crippen LogP contribution in [-0.4, -0.2) is 11.8 Å². The number of carbonyl (C=O) groups excluding carboxylic acids is 2. The van der Waals surface area contributed by atoms with Gasteiger partial charge in [-0.1, -0.05) is 60.1 Å². The maximum atomic E-state index is 12.3. The fourth-order valence-corrected chi connectivity index (χ4v) is 2.98. The summed E-state index contributed by atoms with van der Waals surface area (Å²) in [6, 6.07) is 13.4. The number of hydrogen-bond donors (Lipinski definition) is 2. The van der Waals surface area contributed by atoms with Crippen LogP contribution in [0.25, 0.3) is 0 Å². The number of rotatable bonds is 5. The summed E-state index contributed by atoms with van der Waals surface area (Å²) < 4.78 is 0.853. The molecule has 2 amide bonds. The molecule has 5 heteroatoms. The molecule has 2 aromatic carbocycles. The Labute approximate surface area is 163 Å². The van der Waals surface area contributed by atoms with Gasteiger partial charge in [0.1, 0.15) is 0 Å². The summed E-state index contributed by atoms with van der Waals surface area (Å²) in [6.45, 7) is 8.13. The summed E-state index contributed by atoms with van der Waals surface area (Å²) in [5, 5.41) is 0. The average Bonchev–Trinajstić information content (AvgIpc) is 2.61. The molecule has 0 aromatic heterocycles. The fourth-order valence-electron chi connectivity index (χ4n) is 2.60. The van der Waals surface area contributed by atoms with Crippen LogP contribution >= 0.6 is 15.9 Å². The predicted molar refractivity (Wildman–Crippen MR) is 108 cm³/mol. The molecular weight excluding hydrogens is 392 g/mol. The highest BCUT2D eigenvalue weighted by Crippen LogP contribution is 2.18. The first-order valence-electron chi connectivity index (χ1n) is 8.73. The summed E-state index contributed by atoms with van der Waals surface area (Å²) in [4.78, 5) is 24.5. The van der Waals surface area contributed by atoms with Gasteiger partial charge in [-0.3, -0.25) is 20.4 Å². The van der Waals surface area contributed by atoms with E-state index in [2.05, 4.69) is 52.8 Å². The maximum Gasteiger partial charge on any atom is 0.269 e. The quantitative estimate of drug-likeness (QED) is 0.703. The molecule has 0 heterocycles.